The molecule has 0 fully saturated rings. The van der Waals surface area contributed by atoms with Gasteiger partial charge in [0.05, 0.1) is 0 Å². The molecule has 7 heteroatoms. The molecule has 0 bridgehead atoms. The summed E-state index contributed by atoms with van der Waals surface area (Å²) in [5.41, 5.74) is 2.72. The molecule has 0 amide bonds. The number of hydrogen-bond donors (Lipinski definition) is 3. The molecule has 3 N–H and O–H groups in total. The minimum Gasteiger partial charge on any atom is -0.508 e. The fourth-order valence-electron chi connectivity index (χ4n) is 3.93. The molecule has 6 nitrogen and oxygen atoms in total. The lowest BCUT2D eigenvalue weighted by atomic mass is 10.0. The summed E-state index contributed by atoms with van der Waals surface area (Å²) >= 11 is 0. The second-order valence-corrected chi connectivity index (χ2v) is 9.44. The molecule has 0 heterocycles. The molecule has 4 aromatic carbocycles. The van der Waals surface area contributed by atoms with Gasteiger partial charge in [-0.1, -0.05) is 72.8 Å². The van der Waals surface area contributed by atoms with Crippen LogP contribution in [0.5, 0.6) is 17.2 Å². The molecule has 1 atom stereocenters. The number of phenolic OH excluding ortho intramolecular Hbond substituents is 1. The van der Waals surface area contributed by atoms with Crippen LogP contribution in [0.25, 0.3) is 0 Å². The molecule has 0 aliphatic heterocycles. The Bertz CT molecular complexity index is 1200. The molecular formula is C30H30NO5P. The van der Waals surface area contributed by atoms with Crippen LogP contribution in [-0.2, 0) is 16.3 Å². The van der Waals surface area contributed by atoms with E-state index in [0.29, 0.717) is 24.6 Å². The average molecular weight is 516 g/mol. The highest BCUT2D eigenvalue weighted by atomic mass is 31.1. The SMILES string of the molecule is O=PC(Oc1ccc(CCNC[C@H](O)COc2ccc(O)cc2)cc1)(c1ccccc1)c1ccccc1. The Kier molecular flexibility index (Phi) is 9.28. The first-order valence-electron chi connectivity index (χ1n) is 12.1. The van der Waals surface area contributed by atoms with Crippen LogP contribution in [0, 0.1) is 0 Å². The summed E-state index contributed by atoms with van der Waals surface area (Å²) in [6.07, 6.45) is 0.119. The zero-order chi connectivity index (χ0) is 25.9. The number of ether oxygens (including phenoxy) is 2. The lowest BCUT2D eigenvalue weighted by Crippen LogP contribution is -2.32. The van der Waals surface area contributed by atoms with Crippen LogP contribution in [0.4, 0.5) is 0 Å². The zero-order valence-corrected chi connectivity index (χ0v) is 21.3. The normalized spacial score (nSPS) is 12.2. The molecule has 37 heavy (non-hydrogen) atoms. The van der Waals surface area contributed by atoms with E-state index < -0.39 is 11.4 Å². The summed E-state index contributed by atoms with van der Waals surface area (Å²) in [6, 6.07) is 33.3. The third-order valence-corrected chi connectivity index (χ3v) is 6.76. The monoisotopic (exact) mass is 515 g/mol. The van der Waals surface area contributed by atoms with E-state index in [0.717, 1.165) is 23.1 Å². The van der Waals surface area contributed by atoms with Gasteiger partial charge in [0, 0.05) is 17.7 Å². The molecular weight excluding hydrogens is 485 g/mol. The summed E-state index contributed by atoms with van der Waals surface area (Å²) in [5.74, 6) is 1.39. The molecule has 0 aromatic heterocycles. The molecule has 0 saturated carbocycles. The number of hydrogen-bond acceptors (Lipinski definition) is 6. The summed E-state index contributed by atoms with van der Waals surface area (Å²) < 4.78 is 24.5. The van der Waals surface area contributed by atoms with Crippen LogP contribution in [0.15, 0.2) is 109 Å². The Morgan fingerprint density at radius 3 is 1.92 bits per heavy atom. The third-order valence-electron chi connectivity index (χ3n) is 5.90. The smallest absolute Gasteiger partial charge is 0.238 e. The summed E-state index contributed by atoms with van der Waals surface area (Å²) in [4.78, 5) is 0. The standard InChI is InChI=1S/C30H30NO5P/c32-26-13-17-28(18-14-26)35-22-27(33)21-31-20-19-23-11-15-29(16-12-23)36-30(37-34,24-7-3-1-4-8-24)25-9-5-2-6-10-25/h1-18,27,31-33H,19-22H2/t27-/m0/s1. The Morgan fingerprint density at radius 2 is 1.35 bits per heavy atom. The van der Waals surface area contributed by atoms with Crippen molar-refractivity contribution in [2.75, 3.05) is 19.7 Å². The number of phenols is 1. The second kappa shape index (κ2) is 13.0. The molecule has 190 valence electrons. The topological polar surface area (TPSA) is 88.0 Å². The van der Waals surface area contributed by atoms with Gasteiger partial charge in [0.25, 0.3) is 0 Å². The van der Waals surface area contributed by atoms with Gasteiger partial charge in [0.1, 0.15) is 30.0 Å². The Morgan fingerprint density at radius 1 is 0.784 bits per heavy atom. The molecule has 0 unspecified atom stereocenters. The van der Waals surface area contributed by atoms with Crippen LogP contribution in [0.2, 0.25) is 0 Å². The van der Waals surface area contributed by atoms with Gasteiger partial charge in [-0.15, -0.1) is 0 Å². The minimum absolute atomic E-state index is 0.160. The quantitative estimate of drug-likeness (QED) is 0.160. The number of nitrogens with one attached hydrogen (secondary N) is 1. The lowest BCUT2D eigenvalue weighted by Gasteiger charge is -2.29. The maximum atomic E-state index is 12.6. The average Bonchev–Trinajstić information content (AvgIpc) is 2.95. The Labute approximate surface area is 218 Å². The first kappa shape index (κ1) is 26.4. The zero-order valence-electron chi connectivity index (χ0n) is 20.4. The van der Waals surface area contributed by atoms with E-state index in [1.165, 1.54) is 0 Å². The van der Waals surface area contributed by atoms with Gasteiger partial charge in [-0.3, -0.25) is 4.57 Å². The highest BCUT2D eigenvalue weighted by molar-refractivity contribution is 7.25. The van der Waals surface area contributed by atoms with E-state index in [-0.39, 0.29) is 20.8 Å². The van der Waals surface area contributed by atoms with Crippen LogP contribution >= 0.6 is 8.46 Å². The highest BCUT2D eigenvalue weighted by Gasteiger charge is 2.38. The van der Waals surface area contributed by atoms with E-state index in [1.807, 2.05) is 84.9 Å². The van der Waals surface area contributed by atoms with Gasteiger partial charge in [0.15, 0.2) is 0 Å². The second-order valence-electron chi connectivity index (χ2n) is 8.63. The summed E-state index contributed by atoms with van der Waals surface area (Å²) in [5, 5.41) is 21.5. The van der Waals surface area contributed by atoms with Crippen LogP contribution in [0.1, 0.15) is 16.7 Å². The van der Waals surface area contributed by atoms with Crippen LogP contribution < -0.4 is 14.8 Å². The molecule has 0 spiro atoms. The predicted octanol–water partition coefficient (Wildman–Crippen LogP) is 5.54. The maximum absolute atomic E-state index is 12.6. The number of benzene rings is 4. The lowest BCUT2D eigenvalue weighted by molar-refractivity contribution is 0.106. The van der Waals surface area contributed by atoms with Crippen molar-refractivity contribution in [3.05, 3.63) is 126 Å². The van der Waals surface area contributed by atoms with Gasteiger partial charge in [-0.2, -0.15) is 0 Å². The molecule has 4 rings (SSSR count). The van der Waals surface area contributed by atoms with Crippen molar-refractivity contribution in [2.24, 2.45) is 0 Å². The summed E-state index contributed by atoms with van der Waals surface area (Å²) in [6.45, 7) is 1.25. The Balaban J connectivity index is 1.30. The van der Waals surface area contributed by atoms with Crippen molar-refractivity contribution < 1.29 is 24.3 Å². The van der Waals surface area contributed by atoms with Gasteiger partial charge in [-0.05, 0) is 54.9 Å². The van der Waals surface area contributed by atoms with Crippen LogP contribution in [-0.4, -0.2) is 36.0 Å². The molecule has 4 aromatic rings. The van der Waals surface area contributed by atoms with Gasteiger partial charge in [-0.25, -0.2) is 0 Å². The molecule has 0 aliphatic carbocycles. The molecule has 0 saturated heterocycles. The Hall–Kier alpha value is -3.70. The fraction of sp³-hybridized carbons (Fsp3) is 0.200. The summed E-state index contributed by atoms with van der Waals surface area (Å²) in [7, 11) is -0.163. The fourth-order valence-corrected chi connectivity index (χ4v) is 4.58. The van der Waals surface area contributed by atoms with Crippen molar-refractivity contribution in [3.63, 3.8) is 0 Å². The minimum atomic E-state index is -1.15. The number of rotatable bonds is 13. The van der Waals surface area contributed by atoms with Gasteiger partial charge in [0.2, 0.25) is 13.8 Å². The van der Waals surface area contributed by atoms with Crippen LogP contribution in [0.3, 0.4) is 0 Å². The largest absolute Gasteiger partial charge is 0.508 e. The van der Waals surface area contributed by atoms with Gasteiger partial charge >= 0.3 is 0 Å². The van der Waals surface area contributed by atoms with Crippen molar-refractivity contribution in [1.29, 1.82) is 0 Å². The third kappa shape index (κ3) is 7.17. The molecule has 0 radical (unpaired) electrons. The predicted molar refractivity (Wildman–Crippen MR) is 145 cm³/mol. The maximum Gasteiger partial charge on any atom is 0.238 e. The van der Waals surface area contributed by atoms with E-state index in [4.69, 9.17) is 9.47 Å². The van der Waals surface area contributed by atoms with Crippen molar-refractivity contribution in [2.45, 2.75) is 17.9 Å². The van der Waals surface area contributed by atoms with E-state index in [2.05, 4.69) is 5.32 Å². The first-order chi connectivity index (χ1) is 18.1. The number of aliphatic hydroxyl groups excluding tert-OH is 1. The van der Waals surface area contributed by atoms with E-state index >= 15 is 0 Å². The number of aliphatic hydroxyl groups is 1. The highest BCUT2D eigenvalue weighted by Crippen LogP contribution is 2.43. The van der Waals surface area contributed by atoms with Gasteiger partial charge < -0.3 is 25.0 Å². The van der Waals surface area contributed by atoms with E-state index in [9.17, 15) is 14.8 Å². The van der Waals surface area contributed by atoms with Crippen molar-refractivity contribution in [1.82, 2.24) is 5.32 Å². The van der Waals surface area contributed by atoms with Crippen molar-refractivity contribution >= 4 is 8.46 Å². The number of aromatic hydroxyl groups is 1. The molecule has 0 aliphatic rings. The van der Waals surface area contributed by atoms with E-state index in [1.54, 1.807) is 24.3 Å². The first-order valence-corrected chi connectivity index (χ1v) is 12.9. The van der Waals surface area contributed by atoms with Crippen molar-refractivity contribution in [3.8, 4) is 17.2 Å².